The van der Waals surface area contributed by atoms with Gasteiger partial charge in [-0.2, -0.15) is 13.2 Å². The molecule has 1 N–H and O–H groups in total. The Bertz CT molecular complexity index is 160. The van der Waals surface area contributed by atoms with Gasteiger partial charge in [0.05, 0.1) is 0 Å². The number of carbonyl (C=O) groups excluding carboxylic acids is 1. The first-order valence-electron chi connectivity index (χ1n) is 3.06. The molecule has 0 aromatic heterocycles. The lowest BCUT2D eigenvalue weighted by atomic mass is 9.99. The summed E-state index contributed by atoms with van der Waals surface area (Å²) in [7, 11) is 0. The first-order valence-corrected chi connectivity index (χ1v) is 3.06. The SMILES string of the molecule is CCC(=O)[C@](C)(O)C(F)(F)F. The van der Waals surface area contributed by atoms with Crippen molar-refractivity contribution in [2.45, 2.75) is 32.0 Å². The summed E-state index contributed by atoms with van der Waals surface area (Å²) in [6, 6.07) is 0. The van der Waals surface area contributed by atoms with Crippen molar-refractivity contribution >= 4 is 5.78 Å². The lowest BCUT2D eigenvalue weighted by molar-refractivity contribution is -0.244. The number of aliphatic hydroxyl groups is 1. The number of Topliss-reactive ketones (excluding diaryl/α,β-unsaturated/α-hetero) is 1. The van der Waals surface area contributed by atoms with Crippen LogP contribution < -0.4 is 0 Å². The van der Waals surface area contributed by atoms with Crippen LogP contribution in [-0.4, -0.2) is 22.7 Å². The van der Waals surface area contributed by atoms with Gasteiger partial charge >= 0.3 is 6.18 Å². The predicted octanol–water partition coefficient (Wildman–Crippen LogP) is 1.28. The topological polar surface area (TPSA) is 37.3 Å². The zero-order valence-corrected chi connectivity index (χ0v) is 6.20. The van der Waals surface area contributed by atoms with Crippen LogP contribution in [-0.2, 0) is 4.79 Å². The Morgan fingerprint density at radius 2 is 1.82 bits per heavy atom. The van der Waals surface area contributed by atoms with Gasteiger partial charge in [0, 0.05) is 6.42 Å². The minimum Gasteiger partial charge on any atom is -0.374 e. The normalized spacial score (nSPS) is 17.6. The van der Waals surface area contributed by atoms with Gasteiger partial charge in [-0.15, -0.1) is 0 Å². The number of ketones is 1. The van der Waals surface area contributed by atoms with Gasteiger partial charge < -0.3 is 5.11 Å². The van der Waals surface area contributed by atoms with Gasteiger partial charge in [-0.05, 0) is 6.92 Å². The van der Waals surface area contributed by atoms with E-state index in [1.807, 2.05) is 0 Å². The van der Waals surface area contributed by atoms with Crippen molar-refractivity contribution in [2.75, 3.05) is 0 Å². The fourth-order valence-electron chi connectivity index (χ4n) is 0.502. The highest BCUT2D eigenvalue weighted by Crippen LogP contribution is 2.31. The smallest absolute Gasteiger partial charge is 0.374 e. The molecule has 0 aromatic carbocycles. The molecular formula is C6H9F3O2. The highest BCUT2D eigenvalue weighted by Gasteiger charge is 2.54. The summed E-state index contributed by atoms with van der Waals surface area (Å²) in [4.78, 5) is 10.5. The summed E-state index contributed by atoms with van der Waals surface area (Å²) in [5, 5.41) is 8.64. The Kier molecular flexibility index (Phi) is 2.66. The van der Waals surface area contributed by atoms with Crippen molar-refractivity contribution in [2.24, 2.45) is 0 Å². The van der Waals surface area contributed by atoms with Crippen LogP contribution in [0.1, 0.15) is 20.3 Å². The van der Waals surface area contributed by atoms with E-state index in [4.69, 9.17) is 5.11 Å². The van der Waals surface area contributed by atoms with Crippen LogP contribution in [0.2, 0.25) is 0 Å². The third kappa shape index (κ3) is 1.92. The van der Waals surface area contributed by atoms with Crippen LogP contribution in [0.3, 0.4) is 0 Å². The fourth-order valence-corrected chi connectivity index (χ4v) is 0.502. The van der Waals surface area contributed by atoms with Gasteiger partial charge in [0.2, 0.25) is 5.60 Å². The Hall–Kier alpha value is -0.580. The molecule has 0 spiro atoms. The minimum atomic E-state index is -4.87. The second-order valence-electron chi connectivity index (χ2n) is 2.35. The molecule has 0 fully saturated rings. The van der Waals surface area contributed by atoms with Gasteiger partial charge in [0.1, 0.15) is 0 Å². The number of hydrogen-bond acceptors (Lipinski definition) is 2. The molecule has 0 aliphatic rings. The average Bonchev–Trinajstić information content (AvgIpc) is 1.83. The van der Waals surface area contributed by atoms with E-state index in [0.717, 1.165) is 0 Å². The molecule has 0 heterocycles. The molecule has 0 unspecified atom stereocenters. The molecule has 0 saturated carbocycles. The monoisotopic (exact) mass is 170 g/mol. The van der Waals surface area contributed by atoms with Crippen molar-refractivity contribution in [3.05, 3.63) is 0 Å². The zero-order valence-electron chi connectivity index (χ0n) is 6.20. The maximum Gasteiger partial charge on any atom is 0.424 e. The molecule has 0 rings (SSSR count). The highest BCUT2D eigenvalue weighted by molar-refractivity contribution is 5.87. The minimum absolute atomic E-state index is 0.327. The number of halogens is 3. The van der Waals surface area contributed by atoms with Crippen molar-refractivity contribution in [1.29, 1.82) is 0 Å². The molecule has 0 bridgehead atoms. The second kappa shape index (κ2) is 2.81. The quantitative estimate of drug-likeness (QED) is 0.677. The second-order valence-corrected chi connectivity index (χ2v) is 2.35. The Morgan fingerprint density at radius 1 is 1.45 bits per heavy atom. The van der Waals surface area contributed by atoms with E-state index in [9.17, 15) is 18.0 Å². The zero-order chi connectivity index (χ0) is 9.28. The van der Waals surface area contributed by atoms with Gasteiger partial charge in [0.15, 0.2) is 5.78 Å². The number of alkyl halides is 3. The molecule has 5 heteroatoms. The summed E-state index contributed by atoms with van der Waals surface area (Å²) in [5.74, 6) is -1.22. The van der Waals surface area contributed by atoms with Crippen LogP contribution in [0, 0.1) is 0 Å². The molecule has 0 saturated heterocycles. The first kappa shape index (κ1) is 10.4. The van der Waals surface area contributed by atoms with Crippen LogP contribution in [0.25, 0.3) is 0 Å². The van der Waals surface area contributed by atoms with Gasteiger partial charge in [-0.25, -0.2) is 0 Å². The molecule has 0 aliphatic carbocycles. The predicted molar refractivity (Wildman–Crippen MR) is 32.0 cm³/mol. The van der Waals surface area contributed by atoms with Crippen LogP contribution in [0.15, 0.2) is 0 Å². The lowest BCUT2D eigenvalue weighted by Gasteiger charge is -2.23. The number of rotatable bonds is 2. The fraction of sp³-hybridized carbons (Fsp3) is 0.833. The third-order valence-corrected chi connectivity index (χ3v) is 1.42. The Morgan fingerprint density at radius 3 is 1.91 bits per heavy atom. The summed E-state index contributed by atoms with van der Waals surface area (Å²) < 4.78 is 35.4. The molecule has 0 aliphatic heterocycles. The average molecular weight is 170 g/mol. The van der Waals surface area contributed by atoms with E-state index >= 15 is 0 Å². The maximum absolute atomic E-state index is 11.8. The van der Waals surface area contributed by atoms with E-state index < -0.39 is 17.6 Å². The van der Waals surface area contributed by atoms with E-state index in [-0.39, 0.29) is 6.42 Å². The first-order chi connectivity index (χ1) is 4.73. The van der Waals surface area contributed by atoms with Crippen LogP contribution >= 0.6 is 0 Å². The van der Waals surface area contributed by atoms with Crippen molar-refractivity contribution in [3.8, 4) is 0 Å². The van der Waals surface area contributed by atoms with Gasteiger partial charge in [-0.1, -0.05) is 6.92 Å². The highest BCUT2D eigenvalue weighted by atomic mass is 19.4. The maximum atomic E-state index is 11.8. The van der Waals surface area contributed by atoms with E-state index in [2.05, 4.69) is 0 Å². The molecule has 0 radical (unpaired) electrons. The molecule has 0 aromatic rings. The van der Waals surface area contributed by atoms with Crippen molar-refractivity contribution in [3.63, 3.8) is 0 Å². The molecule has 0 amide bonds. The standard InChI is InChI=1S/C6H9F3O2/c1-3-4(10)5(2,11)6(7,8)9/h11H,3H2,1-2H3/t5-/m0/s1. The third-order valence-electron chi connectivity index (χ3n) is 1.42. The molecule has 66 valence electrons. The molecule has 1 atom stereocenters. The molecule has 2 nitrogen and oxygen atoms in total. The van der Waals surface area contributed by atoms with Crippen molar-refractivity contribution in [1.82, 2.24) is 0 Å². The van der Waals surface area contributed by atoms with E-state index in [1.54, 1.807) is 0 Å². The van der Waals surface area contributed by atoms with Gasteiger partial charge in [0.25, 0.3) is 0 Å². The number of hydrogen-bond donors (Lipinski definition) is 1. The van der Waals surface area contributed by atoms with Gasteiger partial charge in [-0.3, -0.25) is 4.79 Å². The number of carbonyl (C=O) groups is 1. The largest absolute Gasteiger partial charge is 0.424 e. The van der Waals surface area contributed by atoms with E-state index in [1.165, 1.54) is 6.92 Å². The van der Waals surface area contributed by atoms with Crippen LogP contribution in [0.5, 0.6) is 0 Å². The molecular weight excluding hydrogens is 161 g/mol. The Labute approximate surface area is 62.0 Å². The summed E-state index contributed by atoms with van der Waals surface area (Å²) in [5.41, 5.74) is -3.19. The van der Waals surface area contributed by atoms with E-state index in [0.29, 0.717) is 6.92 Å². The lowest BCUT2D eigenvalue weighted by Crippen LogP contribution is -2.48. The summed E-state index contributed by atoms with van der Waals surface area (Å²) in [6.45, 7) is 1.72. The summed E-state index contributed by atoms with van der Waals surface area (Å²) in [6.07, 6.45) is -5.20. The van der Waals surface area contributed by atoms with Crippen LogP contribution in [0.4, 0.5) is 13.2 Å². The van der Waals surface area contributed by atoms with Crippen molar-refractivity contribution < 1.29 is 23.1 Å². The molecule has 11 heavy (non-hydrogen) atoms. The Balaban J connectivity index is 4.59. The summed E-state index contributed by atoms with van der Waals surface area (Å²) >= 11 is 0.